The van der Waals surface area contributed by atoms with Crippen LogP contribution >= 0.6 is 0 Å². The van der Waals surface area contributed by atoms with Gasteiger partial charge in [-0.05, 0) is 0 Å². The van der Waals surface area contributed by atoms with Crippen molar-refractivity contribution < 1.29 is 14.3 Å². The topological polar surface area (TPSA) is 48.4 Å². The number of pyridine rings is 1. The largest absolute Gasteiger partial charge is 0.493 e. The van der Waals surface area contributed by atoms with E-state index in [-0.39, 0.29) is 0 Å². The number of nitrogens with zero attached hydrogens (tertiary/aromatic N) is 1. The van der Waals surface area contributed by atoms with Gasteiger partial charge < -0.3 is 9.47 Å². The standard InChI is InChI=1S/C8H9NO3/c1-11-7-3-6(5-10)9-4-8(7)12-2/h3-5H,1-2H3. The SMILES string of the molecule is COc1cnc(C=O)cc1OC. The third kappa shape index (κ3) is 1.53. The van der Waals surface area contributed by atoms with Crippen molar-refractivity contribution in [2.45, 2.75) is 0 Å². The van der Waals surface area contributed by atoms with Gasteiger partial charge in [-0.3, -0.25) is 4.79 Å². The monoisotopic (exact) mass is 167 g/mol. The Morgan fingerprint density at radius 1 is 1.33 bits per heavy atom. The summed E-state index contributed by atoms with van der Waals surface area (Å²) in [6.07, 6.45) is 2.10. The van der Waals surface area contributed by atoms with Crippen LogP contribution in [0.1, 0.15) is 10.5 Å². The Bertz CT molecular complexity index is 286. The van der Waals surface area contributed by atoms with Crippen LogP contribution in [-0.4, -0.2) is 25.5 Å². The van der Waals surface area contributed by atoms with Crippen LogP contribution in [0.25, 0.3) is 0 Å². The van der Waals surface area contributed by atoms with Gasteiger partial charge in [0.05, 0.1) is 20.4 Å². The predicted octanol–water partition coefficient (Wildman–Crippen LogP) is 0.911. The van der Waals surface area contributed by atoms with Crippen molar-refractivity contribution in [1.29, 1.82) is 0 Å². The second-order valence-electron chi connectivity index (χ2n) is 2.08. The van der Waals surface area contributed by atoms with Crippen LogP contribution in [0.5, 0.6) is 11.5 Å². The van der Waals surface area contributed by atoms with E-state index in [0.29, 0.717) is 23.5 Å². The van der Waals surface area contributed by atoms with E-state index in [4.69, 9.17) is 9.47 Å². The van der Waals surface area contributed by atoms with E-state index in [2.05, 4.69) is 4.98 Å². The fourth-order valence-electron chi connectivity index (χ4n) is 0.817. The van der Waals surface area contributed by atoms with Gasteiger partial charge in [0.2, 0.25) is 0 Å². The van der Waals surface area contributed by atoms with E-state index in [1.807, 2.05) is 0 Å². The van der Waals surface area contributed by atoms with E-state index >= 15 is 0 Å². The average molecular weight is 167 g/mol. The van der Waals surface area contributed by atoms with E-state index in [1.165, 1.54) is 26.5 Å². The van der Waals surface area contributed by atoms with Crippen LogP contribution < -0.4 is 9.47 Å². The van der Waals surface area contributed by atoms with Crippen molar-refractivity contribution >= 4 is 6.29 Å². The highest BCUT2D eigenvalue weighted by molar-refractivity contribution is 5.73. The lowest BCUT2D eigenvalue weighted by atomic mass is 10.3. The zero-order valence-corrected chi connectivity index (χ0v) is 6.90. The molecule has 0 unspecified atom stereocenters. The van der Waals surface area contributed by atoms with Gasteiger partial charge >= 0.3 is 0 Å². The molecular weight excluding hydrogens is 158 g/mol. The smallest absolute Gasteiger partial charge is 0.179 e. The molecule has 0 saturated carbocycles. The minimum Gasteiger partial charge on any atom is -0.493 e. The molecule has 0 N–H and O–H groups in total. The molecule has 1 rings (SSSR count). The number of rotatable bonds is 3. The second kappa shape index (κ2) is 3.71. The van der Waals surface area contributed by atoms with E-state index in [0.717, 1.165) is 0 Å². The number of aromatic nitrogens is 1. The highest BCUT2D eigenvalue weighted by Gasteiger charge is 2.03. The number of carbonyl (C=O) groups excluding carboxylic acids is 1. The molecule has 0 bridgehead atoms. The highest BCUT2D eigenvalue weighted by Crippen LogP contribution is 2.24. The highest BCUT2D eigenvalue weighted by atomic mass is 16.5. The summed E-state index contributed by atoms with van der Waals surface area (Å²) in [6.45, 7) is 0. The molecule has 0 aliphatic carbocycles. The molecule has 0 aliphatic heterocycles. The van der Waals surface area contributed by atoms with Crippen LogP contribution in [0, 0.1) is 0 Å². The maximum absolute atomic E-state index is 10.3. The summed E-state index contributed by atoms with van der Waals surface area (Å²) >= 11 is 0. The fourth-order valence-corrected chi connectivity index (χ4v) is 0.817. The van der Waals surface area contributed by atoms with E-state index in [1.54, 1.807) is 0 Å². The maximum atomic E-state index is 10.3. The van der Waals surface area contributed by atoms with Crippen molar-refractivity contribution in [1.82, 2.24) is 4.98 Å². The molecule has 0 saturated heterocycles. The summed E-state index contributed by atoms with van der Waals surface area (Å²) in [5.41, 5.74) is 0.327. The minimum atomic E-state index is 0.327. The Morgan fingerprint density at radius 3 is 2.50 bits per heavy atom. The Kier molecular flexibility index (Phi) is 2.63. The van der Waals surface area contributed by atoms with Gasteiger partial charge in [0.25, 0.3) is 0 Å². The van der Waals surface area contributed by atoms with Crippen molar-refractivity contribution in [2.24, 2.45) is 0 Å². The first-order valence-electron chi connectivity index (χ1n) is 3.35. The summed E-state index contributed by atoms with van der Waals surface area (Å²) in [4.78, 5) is 14.1. The fraction of sp³-hybridized carbons (Fsp3) is 0.250. The Hall–Kier alpha value is -1.58. The molecule has 1 heterocycles. The zero-order valence-electron chi connectivity index (χ0n) is 6.90. The third-order valence-corrected chi connectivity index (χ3v) is 1.41. The molecule has 1 aromatic heterocycles. The van der Waals surface area contributed by atoms with Crippen molar-refractivity contribution in [3.05, 3.63) is 18.0 Å². The summed E-state index contributed by atoms with van der Waals surface area (Å²) in [5.74, 6) is 1.03. The molecule has 4 nitrogen and oxygen atoms in total. The van der Waals surface area contributed by atoms with Crippen molar-refractivity contribution in [3.63, 3.8) is 0 Å². The van der Waals surface area contributed by atoms with Crippen LogP contribution in [0.2, 0.25) is 0 Å². The quantitative estimate of drug-likeness (QED) is 0.628. The summed E-state index contributed by atoms with van der Waals surface area (Å²) in [7, 11) is 3.02. The van der Waals surface area contributed by atoms with Crippen LogP contribution in [-0.2, 0) is 0 Å². The molecule has 1 aromatic rings. The third-order valence-electron chi connectivity index (χ3n) is 1.41. The van der Waals surface area contributed by atoms with Crippen LogP contribution in [0.3, 0.4) is 0 Å². The van der Waals surface area contributed by atoms with Gasteiger partial charge in [0.15, 0.2) is 17.8 Å². The Balaban J connectivity index is 3.10. The van der Waals surface area contributed by atoms with Crippen molar-refractivity contribution in [2.75, 3.05) is 14.2 Å². The Labute approximate surface area is 70.1 Å². The van der Waals surface area contributed by atoms with Gasteiger partial charge in [0, 0.05) is 6.07 Å². The first-order chi connectivity index (χ1) is 5.81. The molecule has 0 radical (unpaired) electrons. The molecule has 4 heteroatoms. The predicted molar refractivity (Wildman–Crippen MR) is 42.7 cm³/mol. The number of ether oxygens (including phenoxy) is 2. The van der Waals surface area contributed by atoms with Crippen LogP contribution in [0.4, 0.5) is 0 Å². The lowest BCUT2D eigenvalue weighted by Crippen LogP contribution is -1.94. The first-order valence-corrected chi connectivity index (χ1v) is 3.35. The zero-order chi connectivity index (χ0) is 8.97. The molecule has 0 amide bonds. The number of aldehydes is 1. The normalized spacial score (nSPS) is 9.17. The molecule has 64 valence electrons. The van der Waals surface area contributed by atoms with Crippen LogP contribution in [0.15, 0.2) is 12.3 Å². The van der Waals surface area contributed by atoms with Gasteiger partial charge in [-0.2, -0.15) is 0 Å². The minimum absolute atomic E-state index is 0.327. The average Bonchev–Trinajstić information content (AvgIpc) is 2.16. The van der Waals surface area contributed by atoms with E-state index in [9.17, 15) is 4.79 Å². The number of hydrogen-bond donors (Lipinski definition) is 0. The summed E-state index contributed by atoms with van der Waals surface area (Å²) in [5, 5.41) is 0. The number of hydrogen-bond acceptors (Lipinski definition) is 4. The van der Waals surface area contributed by atoms with Gasteiger partial charge in [-0.25, -0.2) is 4.98 Å². The van der Waals surface area contributed by atoms with Gasteiger partial charge in [0.1, 0.15) is 5.69 Å². The molecule has 0 aliphatic rings. The number of carbonyl (C=O) groups is 1. The molecule has 12 heavy (non-hydrogen) atoms. The Morgan fingerprint density at radius 2 is 2.00 bits per heavy atom. The lowest BCUT2D eigenvalue weighted by molar-refractivity contribution is 0.111. The molecule has 0 spiro atoms. The molecule has 0 atom stereocenters. The summed E-state index contributed by atoms with van der Waals surface area (Å²) < 4.78 is 9.89. The van der Waals surface area contributed by atoms with Crippen molar-refractivity contribution in [3.8, 4) is 11.5 Å². The second-order valence-corrected chi connectivity index (χ2v) is 2.08. The molecular formula is C8H9NO3. The lowest BCUT2D eigenvalue weighted by Gasteiger charge is -2.05. The summed E-state index contributed by atoms with van der Waals surface area (Å²) in [6, 6.07) is 1.52. The molecule has 0 fully saturated rings. The first kappa shape index (κ1) is 8.52. The molecule has 0 aromatic carbocycles. The number of methoxy groups -OCH3 is 2. The maximum Gasteiger partial charge on any atom is 0.179 e. The van der Waals surface area contributed by atoms with E-state index < -0.39 is 0 Å². The van der Waals surface area contributed by atoms with Gasteiger partial charge in [-0.1, -0.05) is 0 Å². The van der Waals surface area contributed by atoms with Gasteiger partial charge in [-0.15, -0.1) is 0 Å².